The second kappa shape index (κ2) is 50.2. The summed E-state index contributed by atoms with van der Waals surface area (Å²) in [6.07, 6.45) is 61.5. The van der Waals surface area contributed by atoms with Crippen LogP contribution < -0.4 is 10.2 Å². The van der Waals surface area contributed by atoms with Gasteiger partial charge in [0.25, 0.3) is 7.82 Å². The molecule has 0 aliphatic rings. The van der Waals surface area contributed by atoms with Crippen LogP contribution in [0, 0.1) is 0 Å². The molecule has 1 unspecified atom stereocenters. The molecule has 0 aromatic rings. The number of nitrogens with one attached hydrogen (secondary N) is 1. The molecule has 1 amide bonds. The van der Waals surface area contributed by atoms with E-state index >= 15 is 0 Å². The average molecular weight is 970 g/mol. The van der Waals surface area contributed by atoms with Crippen LogP contribution in [0.15, 0.2) is 12.2 Å². The summed E-state index contributed by atoms with van der Waals surface area (Å²) in [5.74, 6) is -0.190. The Morgan fingerprint density at radius 1 is 0.507 bits per heavy atom. The van der Waals surface area contributed by atoms with Crippen LogP contribution >= 0.6 is 7.82 Å². The van der Waals surface area contributed by atoms with Crippen molar-refractivity contribution >= 4 is 13.7 Å². The third-order valence-corrected chi connectivity index (χ3v) is 14.7. The van der Waals surface area contributed by atoms with Crippen LogP contribution in [0.2, 0.25) is 0 Å². The van der Waals surface area contributed by atoms with Crippen molar-refractivity contribution in [2.45, 2.75) is 315 Å². The first-order valence-corrected chi connectivity index (χ1v) is 31.0. The van der Waals surface area contributed by atoms with E-state index in [0.29, 0.717) is 17.4 Å². The molecule has 2 N–H and O–H groups in total. The number of amides is 1. The number of quaternary nitrogens is 1. The smallest absolute Gasteiger partial charge is 0.268 e. The average Bonchev–Trinajstić information content (AvgIpc) is 3.29. The highest BCUT2D eigenvalue weighted by Gasteiger charge is 2.23. The first kappa shape index (κ1) is 66.2. The lowest BCUT2D eigenvalue weighted by Gasteiger charge is -2.29. The van der Waals surface area contributed by atoms with Crippen LogP contribution in [-0.2, 0) is 18.4 Å². The minimum atomic E-state index is -4.59. The summed E-state index contributed by atoms with van der Waals surface area (Å²) < 4.78 is 23.4. The molecule has 0 heterocycles. The Morgan fingerprint density at radius 2 is 0.806 bits per heavy atom. The summed E-state index contributed by atoms with van der Waals surface area (Å²) in [5.41, 5.74) is 0. The van der Waals surface area contributed by atoms with Gasteiger partial charge in [0.15, 0.2) is 0 Å². The van der Waals surface area contributed by atoms with E-state index in [4.69, 9.17) is 9.05 Å². The van der Waals surface area contributed by atoms with Crippen LogP contribution in [0.5, 0.6) is 0 Å². The van der Waals surface area contributed by atoms with E-state index in [1.165, 1.54) is 244 Å². The first-order valence-electron chi connectivity index (χ1n) is 29.6. The molecule has 0 saturated heterocycles. The third kappa shape index (κ3) is 52.9. The number of nitrogens with zero attached hydrogens (tertiary/aromatic N) is 1. The molecule has 0 fully saturated rings. The van der Waals surface area contributed by atoms with E-state index < -0.39 is 20.0 Å². The van der Waals surface area contributed by atoms with Gasteiger partial charge in [0.1, 0.15) is 13.2 Å². The van der Waals surface area contributed by atoms with E-state index in [-0.39, 0.29) is 19.1 Å². The summed E-state index contributed by atoms with van der Waals surface area (Å²) in [4.78, 5) is 25.5. The lowest BCUT2D eigenvalue weighted by atomic mass is 10.0. The number of rotatable bonds is 55. The number of aliphatic hydroxyl groups is 1. The van der Waals surface area contributed by atoms with E-state index in [1.54, 1.807) is 6.08 Å². The van der Waals surface area contributed by atoms with Gasteiger partial charge in [0.05, 0.1) is 39.9 Å². The molecule has 0 saturated carbocycles. The monoisotopic (exact) mass is 969 g/mol. The van der Waals surface area contributed by atoms with Gasteiger partial charge in [-0.25, -0.2) is 0 Å². The molecule has 0 aromatic carbocycles. The maximum atomic E-state index is 13.0. The SMILES string of the molecule is CCCCCCCCCCCCCCCCC/C=C/[C@@H](O)[C@H](COP(=O)([O-])OCC[N+](C)(C)C)NC(=O)CCCCCCCCCCCCCCCCCCCCCCCCCCCCCC. The number of phosphoric acid groups is 1. The Hall–Kier alpha value is -0.760. The summed E-state index contributed by atoms with van der Waals surface area (Å²) in [5, 5.41) is 13.9. The predicted molar refractivity (Wildman–Crippen MR) is 289 cm³/mol. The molecule has 0 aromatic heterocycles. The van der Waals surface area contributed by atoms with Crippen molar-refractivity contribution in [3.05, 3.63) is 12.2 Å². The van der Waals surface area contributed by atoms with Gasteiger partial charge in [0.2, 0.25) is 5.91 Å². The van der Waals surface area contributed by atoms with E-state index in [2.05, 4.69) is 19.2 Å². The summed E-state index contributed by atoms with van der Waals surface area (Å²) >= 11 is 0. The van der Waals surface area contributed by atoms with E-state index in [0.717, 1.165) is 38.5 Å². The largest absolute Gasteiger partial charge is 0.756 e. The zero-order valence-electron chi connectivity index (χ0n) is 45.6. The van der Waals surface area contributed by atoms with Gasteiger partial charge in [-0.1, -0.05) is 289 Å². The maximum Gasteiger partial charge on any atom is 0.268 e. The fourth-order valence-corrected chi connectivity index (χ4v) is 9.82. The van der Waals surface area contributed by atoms with Crippen molar-refractivity contribution in [2.75, 3.05) is 40.9 Å². The van der Waals surface area contributed by atoms with Gasteiger partial charge in [0, 0.05) is 6.42 Å². The van der Waals surface area contributed by atoms with Crippen LogP contribution in [0.25, 0.3) is 0 Å². The van der Waals surface area contributed by atoms with Crippen molar-refractivity contribution in [2.24, 2.45) is 0 Å². The van der Waals surface area contributed by atoms with Crippen LogP contribution in [0.4, 0.5) is 0 Å². The van der Waals surface area contributed by atoms with Crippen molar-refractivity contribution in [3.8, 4) is 0 Å². The Labute approximate surface area is 418 Å². The van der Waals surface area contributed by atoms with Gasteiger partial charge >= 0.3 is 0 Å². The third-order valence-electron chi connectivity index (χ3n) is 13.7. The van der Waals surface area contributed by atoms with Crippen molar-refractivity contribution in [1.82, 2.24) is 5.32 Å². The fraction of sp³-hybridized carbons (Fsp3) is 0.948. The minimum Gasteiger partial charge on any atom is -0.756 e. The van der Waals surface area contributed by atoms with Gasteiger partial charge in [-0.15, -0.1) is 0 Å². The standard InChI is InChI=1S/C58H117N2O6P/c1-6-8-10-12-14-16-18-20-22-24-25-26-27-28-29-30-31-32-33-34-36-38-40-42-44-46-48-50-52-58(62)59-56(55-66-67(63,64)65-54-53-60(3,4)5)57(61)51-49-47-45-43-41-39-37-35-23-21-19-17-15-13-11-9-7-2/h49,51,56-57,61H,6-48,50,52-55H2,1-5H3,(H-,59,62,63,64)/b51-49+/t56-,57+/m0/s1. The van der Waals surface area contributed by atoms with Gasteiger partial charge in [-0.05, 0) is 19.3 Å². The highest BCUT2D eigenvalue weighted by atomic mass is 31.2. The number of allylic oxidation sites excluding steroid dienone is 1. The first-order chi connectivity index (χ1) is 32.5. The zero-order chi connectivity index (χ0) is 49.2. The van der Waals surface area contributed by atoms with Gasteiger partial charge in [-0.2, -0.15) is 0 Å². The summed E-state index contributed by atoms with van der Waals surface area (Å²) in [6.45, 7) is 4.70. The van der Waals surface area contributed by atoms with Crippen molar-refractivity contribution in [1.29, 1.82) is 0 Å². The lowest BCUT2D eigenvalue weighted by Crippen LogP contribution is -2.45. The van der Waals surface area contributed by atoms with Gasteiger partial charge < -0.3 is 28.8 Å². The Morgan fingerprint density at radius 3 is 1.12 bits per heavy atom. The van der Waals surface area contributed by atoms with Crippen molar-refractivity contribution in [3.63, 3.8) is 0 Å². The topological polar surface area (TPSA) is 108 Å². The Balaban J connectivity index is 4.09. The molecule has 9 heteroatoms. The molecular weight excluding hydrogens is 852 g/mol. The van der Waals surface area contributed by atoms with Gasteiger partial charge in [-0.3, -0.25) is 9.36 Å². The molecule has 0 rings (SSSR count). The molecular formula is C58H117N2O6P. The zero-order valence-corrected chi connectivity index (χ0v) is 46.5. The second-order valence-electron chi connectivity index (χ2n) is 21.7. The molecule has 3 atom stereocenters. The fourth-order valence-electron chi connectivity index (χ4n) is 9.10. The minimum absolute atomic E-state index is 0.00264. The van der Waals surface area contributed by atoms with E-state index in [1.807, 2.05) is 27.2 Å². The lowest BCUT2D eigenvalue weighted by molar-refractivity contribution is -0.870. The normalized spacial score (nSPS) is 14.0. The molecule has 400 valence electrons. The number of aliphatic hydroxyl groups excluding tert-OH is 1. The van der Waals surface area contributed by atoms with Crippen LogP contribution in [0.1, 0.15) is 303 Å². The number of likely N-dealkylation sites (N-methyl/N-ethyl adjacent to an activating group) is 1. The highest BCUT2D eigenvalue weighted by molar-refractivity contribution is 7.45. The van der Waals surface area contributed by atoms with Crippen molar-refractivity contribution < 1.29 is 32.9 Å². The predicted octanol–water partition coefficient (Wildman–Crippen LogP) is 17.2. The molecule has 8 nitrogen and oxygen atoms in total. The number of unbranched alkanes of at least 4 members (excludes halogenated alkanes) is 42. The molecule has 0 aliphatic heterocycles. The quantitative estimate of drug-likeness (QED) is 0.0272. The number of hydrogen-bond acceptors (Lipinski definition) is 6. The summed E-state index contributed by atoms with van der Waals surface area (Å²) in [6, 6.07) is -0.882. The Bertz CT molecular complexity index is 1100. The molecule has 0 spiro atoms. The number of carbonyl (C=O) groups is 1. The van der Waals surface area contributed by atoms with Crippen LogP contribution in [0.3, 0.4) is 0 Å². The number of hydrogen-bond donors (Lipinski definition) is 2. The Kier molecular flexibility index (Phi) is 49.6. The summed E-state index contributed by atoms with van der Waals surface area (Å²) in [7, 11) is 1.28. The van der Waals surface area contributed by atoms with Crippen LogP contribution in [-0.4, -0.2) is 68.5 Å². The molecule has 67 heavy (non-hydrogen) atoms. The highest BCUT2D eigenvalue weighted by Crippen LogP contribution is 2.38. The van der Waals surface area contributed by atoms with E-state index in [9.17, 15) is 19.4 Å². The number of carbonyl (C=O) groups excluding carboxylic acids is 1. The second-order valence-corrected chi connectivity index (χ2v) is 23.1. The molecule has 0 radical (unpaired) electrons. The maximum absolute atomic E-state index is 13.0. The number of phosphoric ester groups is 1. The molecule has 0 aliphatic carbocycles. The molecule has 0 bridgehead atoms.